The highest BCUT2D eigenvalue weighted by Crippen LogP contribution is 2.31. The fourth-order valence-corrected chi connectivity index (χ4v) is 3.10. The van der Waals surface area contributed by atoms with Gasteiger partial charge in [-0.1, -0.05) is 41.9 Å². The second-order valence-electron chi connectivity index (χ2n) is 6.52. The van der Waals surface area contributed by atoms with Gasteiger partial charge in [-0.3, -0.25) is 0 Å². The summed E-state index contributed by atoms with van der Waals surface area (Å²) in [5, 5.41) is 11.9. The molecule has 3 aromatic carbocycles. The van der Waals surface area contributed by atoms with Gasteiger partial charge in [0.15, 0.2) is 0 Å². The average Bonchev–Trinajstić information content (AvgIpc) is 3.19. The van der Waals surface area contributed by atoms with Crippen LogP contribution in [0, 0.1) is 18.6 Å². The molecule has 1 aromatic heterocycles. The van der Waals surface area contributed by atoms with E-state index in [4.69, 9.17) is 16.0 Å². The van der Waals surface area contributed by atoms with E-state index < -0.39 is 6.04 Å². The molecule has 0 radical (unpaired) electrons. The molecule has 1 heterocycles. The Morgan fingerprint density at radius 1 is 0.966 bits per heavy atom. The fraction of sp³-hybridized carbons (Fsp3) is 0.0909. The van der Waals surface area contributed by atoms with Gasteiger partial charge in [0.05, 0.1) is 10.6 Å². The summed E-state index contributed by atoms with van der Waals surface area (Å²) in [6, 6.07) is 17.2. The van der Waals surface area contributed by atoms with Gasteiger partial charge in [-0.05, 0) is 54.4 Å². The number of hydrogen-bond acceptors (Lipinski definition) is 4. The molecule has 1 atom stereocenters. The lowest BCUT2D eigenvalue weighted by Crippen LogP contribution is -2.13. The van der Waals surface area contributed by atoms with E-state index in [0.717, 1.165) is 0 Å². The van der Waals surface area contributed by atoms with Crippen molar-refractivity contribution in [3.8, 4) is 11.5 Å². The molecule has 0 saturated heterocycles. The van der Waals surface area contributed by atoms with Crippen LogP contribution in [0.5, 0.6) is 0 Å². The molecule has 7 heteroatoms. The van der Waals surface area contributed by atoms with Crippen molar-refractivity contribution >= 4 is 17.3 Å². The van der Waals surface area contributed by atoms with Crippen LogP contribution in [0.2, 0.25) is 5.02 Å². The molecule has 0 amide bonds. The minimum absolute atomic E-state index is 0.243. The maximum atomic E-state index is 14.0. The highest BCUT2D eigenvalue weighted by atomic mass is 35.5. The zero-order valence-electron chi connectivity index (χ0n) is 15.4. The van der Waals surface area contributed by atoms with Gasteiger partial charge in [0.25, 0.3) is 0 Å². The summed E-state index contributed by atoms with van der Waals surface area (Å²) in [5.41, 5.74) is 2.35. The van der Waals surface area contributed by atoms with Crippen LogP contribution in [0.4, 0.5) is 14.5 Å². The Labute approximate surface area is 171 Å². The van der Waals surface area contributed by atoms with Gasteiger partial charge < -0.3 is 9.73 Å². The Morgan fingerprint density at radius 2 is 1.72 bits per heavy atom. The number of anilines is 1. The fourth-order valence-electron chi connectivity index (χ4n) is 2.89. The van der Waals surface area contributed by atoms with Gasteiger partial charge in [-0.25, -0.2) is 8.78 Å². The summed E-state index contributed by atoms with van der Waals surface area (Å²) >= 11 is 6.22. The van der Waals surface area contributed by atoms with Crippen LogP contribution >= 0.6 is 11.6 Å². The Bertz CT molecular complexity index is 1150. The second-order valence-corrected chi connectivity index (χ2v) is 6.93. The van der Waals surface area contributed by atoms with Gasteiger partial charge in [0.2, 0.25) is 11.8 Å². The quantitative estimate of drug-likeness (QED) is 0.426. The Hall–Kier alpha value is -3.25. The topological polar surface area (TPSA) is 51.0 Å². The van der Waals surface area contributed by atoms with Crippen molar-refractivity contribution in [2.45, 2.75) is 13.0 Å². The van der Waals surface area contributed by atoms with E-state index in [1.54, 1.807) is 49.4 Å². The molecule has 0 saturated carbocycles. The zero-order chi connectivity index (χ0) is 20.4. The van der Waals surface area contributed by atoms with Crippen molar-refractivity contribution < 1.29 is 13.2 Å². The van der Waals surface area contributed by atoms with Gasteiger partial charge >= 0.3 is 0 Å². The molecule has 4 aromatic rings. The number of aromatic nitrogens is 2. The summed E-state index contributed by atoms with van der Waals surface area (Å²) in [6.45, 7) is 1.68. The van der Waals surface area contributed by atoms with E-state index >= 15 is 0 Å². The molecule has 0 aliphatic rings. The maximum absolute atomic E-state index is 14.0. The number of hydrogen-bond donors (Lipinski definition) is 1. The Balaban J connectivity index is 1.73. The lowest BCUT2D eigenvalue weighted by Gasteiger charge is -2.17. The minimum Gasteiger partial charge on any atom is -0.418 e. The van der Waals surface area contributed by atoms with Crippen molar-refractivity contribution in [3.05, 3.63) is 100 Å². The molecule has 0 aliphatic carbocycles. The van der Waals surface area contributed by atoms with Gasteiger partial charge in [0.1, 0.15) is 17.7 Å². The lowest BCUT2D eigenvalue weighted by molar-refractivity contribution is 0.493. The summed E-state index contributed by atoms with van der Waals surface area (Å²) in [4.78, 5) is 0. The highest BCUT2D eigenvalue weighted by Gasteiger charge is 2.22. The Morgan fingerprint density at radius 3 is 2.45 bits per heavy atom. The SMILES string of the molecule is Cc1ccc(N[C@@H](c2ccc(F)cc2)c2nnc(-c3ccccc3Cl)o2)cc1F. The molecular weight excluding hydrogens is 396 g/mol. The zero-order valence-corrected chi connectivity index (χ0v) is 16.1. The summed E-state index contributed by atoms with van der Waals surface area (Å²) < 4.78 is 33.3. The molecule has 0 spiro atoms. The molecule has 1 N–H and O–H groups in total. The van der Waals surface area contributed by atoms with Crippen molar-refractivity contribution in [1.82, 2.24) is 10.2 Å². The largest absolute Gasteiger partial charge is 0.418 e. The molecule has 0 unspecified atom stereocenters. The number of nitrogens with zero attached hydrogens (tertiary/aromatic N) is 2. The first-order chi connectivity index (χ1) is 14.0. The van der Waals surface area contributed by atoms with E-state index in [9.17, 15) is 8.78 Å². The molecule has 0 bridgehead atoms. The Kier molecular flexibility index (Phi) is 5.27. The predicted octanol–water partition coefficient (Wildman–Crippen LogP) is 6.18. The molecule has 4 nitrogen and oxygen atoms in total. The summed E-state index contributed by atoms with van der Waals surface area (Å²) in [7, 11) is 0. The summed E-state index contributed by atoms with van der Waals surface area (Å²) in [6.07, 6.45) is 0. The number of halogens is 3. The number of aryl methyl sites for hydroxylation is 1. The van der Waals surface area contributed by atoms with E-state index in [2.05, 4.69) is 15.5 Å². The van der Waals surface area contributed by atoms with Crippen LogP contribution in [0.1, 0.15) is 23.1 Å². The van der Waals surface area contributed by atoms with Gasteiger partial charge in [-0.15, -0.1) is 10.2 Å². The number of nitrogens with one attached hydrogen (secondary N) is 1. The van der Waals surface area contributed by atoms with Crippen LogP contribution in [0.15, 0.2) is 71.1 Å². The monoisotopic (exact) mass is 411 g/mol. The van der Waals surface area contributed by atoms with Crippen LogP contribution in [-0.2, 0) is 0 Å². The average molecular weight is 412 g/mol. The first-order valence-electron chi connectivity index (χ1n) is 8.88. The van der Waals surface area contributed by atoms with Gasteiger partial charge in [-0.2, -0.15) is 0 Å². The molecule has 146 valence electrons. The third-order valence-corrected chi connectivity index (χ3v) is 4.81. The molecule has 0 fully saturated rings. The van der Waals surface area contributed by atoms with E-state index in [0.29, 0.717) is 27.4 Å². The lowest BCUT2D eigenvalue weighted by atomic mass is 10.1. The second kappa shape index (κ2) is 8.01. The van der Waals surface area contributed by atoms with Crippen molar-refractivity contribution in [2.75, 3.05) is 5.32 Å². The molecule has 4 rings (SSSR count). The first-order valence-corrected chi connectivity index (χ1v) is 9.25. The first kappa shape index (κ1) is 19.1. The van der Waals surface area contributed by atoms with E-state index in [-0.39, 0.29) is 23.4 Å². The number of benzene rings is 3. The maximum Gasteiger partial charge on any atom is 0.249 e. The van der Waals surface area contributed by atoms with Crippen LogP contribution < -0.4 is 5.32 Å². The highest BCUT2D eigenvalue weighted by molar-refractivity contribution is 6.33. The minimum atomic E-state index is -0.610. The van der Waals surface area contributed by atoms with Crippen LogP contribution in [0.25, 0.3) is 11.5 Å². The van der Waals surface area contributed by atoms with Crippen molar-refractivity contribution in [3.63, 3.8) is 0 Å². The molecule has 0 aliphatic heterocycles. The molecular formula is C22H16ClF2N3O. The van der Waals surface area contributed by atoms with E-state index in [1.165, 1.54) is 18.2 Å². The van der Waals surface area contributed by atoms with Gasteiger partial charge in [0, 0.05) is 5.69 Å². The third kappa shape index (κ3) is 4.12. The van der Waals surface area contributed by atoms with Crippen molar-refractivity contribution in [2.24, 2.45) is 0 Å². The third-order valence-electron chi connectivity index (χ3n) is 4.48. The van der Waals surface area contributed by atoms with E-state index in [1.807, 2.05) is 6.07 Å². The molecule has 29 heavy (non-hydrogen) atoms. The number of rotatable bonds is 5. The normalized spacial score (nSPS) is 12.0. The predicted molar refractivity (Wildman–Crippen MR) is 108 cm³/mol. The smallest absolute Gasteiger partial charge is 0.249 e. The standard InChI is InChI=1S/C22H16ClF2N3O/c1-13-6-11-16(12-19(13)25)26-20(14-7-9-15(24)10-8-14)22-28-27-21(29-22)17-4-2-3-5-18(17)23/h2-12,20,26H,1H3/t20-/m0/s1. The van der Waals surface area contributed by atoms with Crippen LogP contribution in [0.3, 0.4) is 0 Å². The van der Waals surface area contributed by atoms with Crippen molar-refractivity contribution in [1.29, 1.82) is 0 Å². The summed E-state index contributed by atoms with van der Waals surface area (Å²) in [5.74, 6) is -0.201. The van der Waals surface area contributed by atoms with Crippen LogP contribution in [-0.4, -0.2) is 10.2 Å².